The summed E-state index contributed by atoms with van der Waals surface area (Å²) >= 11 is 0. The molecule has 1 aliphatic rings. The number of amides is 2. The predicted octanol–water partition coefficient (Wildman–Crippen LogP) is 3.51. The quantitative estimate of drug-likeness (QED) is 0.658. The van der Waals surface area contributed by atoms with Crippen LogP contribution in [0.4, 0.5) is 10.5 Å². The lowest BCUT2D eigenvalue weighted by Crippen LogP contribution is -2.45. The van der Waals surface area contributed by atoms with Gasteiger partial charge in [-0.05, 0) is 64.7 Å². The van der Waals surface area contributed by atoms with Crippen LogP contribution in [0.25, 0.3) is 5.69 Å². The molecule has 168 valence electrons. The number of hydrogen-bond donors (Lipinski definition) is 2. The van der Waals surface area contributed by atoms with Crippen LogP contribution in [0.5, 0.6) is 0 Å². The summed E-state index contributed by atoms with van der Waals surface area (Å²) in [6, 6.07) is 5.56. The van der Waals surface area contributed by atoms with E-state index < -0.39 is 6.09 Å². The minimum absolute atomic E-state index is 0.0292. The van der Waals surface area contributed by atoms with E-state index in [0.29, 0.717) is 6.42 Å². The molecule has 2 amide bonds. The van der Waals surface area contributed by atoms with E-state index in [1.54, 1.807) is 18.2 Å². The molecule has 1 aliphatic heterocycles. The summed E-state index contributed by atoms with van der Waals surface area (Å²) in [6.07, 6.45) is 6.10. The molecule has 0 fully saturated rings. The Kier molecular flexibility index (Phi) is 7.33. The van der Waals surface area contributed by atoms with Crippen LogP contribution in [0.2, 0.25) is 0 Å². The summed E-state index contributed by atoms with van der Waals surface area (Å²) in [6.45, 7) is 7.34. The molecule has 2 atom stereocenters. The van der Waals surface area contributed by atoms with Crippen molar-refractivity contribution in [2.45, 2.75) is 71.6 Å². The van der Waals surface area contributed by atoms with E-state index in [-0.39, 0.29) is 30.7 Å². The van der Waals surface area contributed by atoms with Crippen LogP contribution in [0, 0.1) is 0 Å². The number of imidazole rings is 1. The first-order chi connectivity index (χ1) is 14.8. The Balaban J connectivity index is 1.91. The van der Waals surface area contributed by atoms with E-state index in [2.05, 4.69) is 10.3 Å². The highest BCUT2D eigenvalue weighted by molar-refractivity contribution is 5.94. The number of nitrogens with one attached hydrogen (secondary N) is 1. The smallest absolute Gasteiger partial charge is 0.407 e. The standard InChI is InChI=1S/C23H32N4O4/c1-15(2)31-23(30)25-21-11-16(3)27(17(4)29)22-9-8-19(12-20(21)22)26-13-18(24-14-26)7-5-6-10-28/h8-9,12-16,21,28H,5-7,10-11H2,1-4H3,(H,25,30)/t16-,21+/m1/s1. The Morgan fingerprint density at radius 1 is 1.32 bits per heavy atom. The summed E-state index contributed by atoms with van der Waals surface area (Å²) in [5, 5.41) is 11.9. The molecule has 2 aromatic rings. The third kappa shape index (κ3) is 5.44. The number of hydrogen-bond acceptors (Lipinski definition) is 5. The number of anilines is 1. The van der Waals surface area contributed by atoms with Gasteiger partial charge in [0.15, 0.2) is 0 Å². The number of carbonyl (C=O) groups excluding carboxylic acids is 2. The zero-order valence-corrected chi connectivity index (χ0v) is 18.7. The average molecular weight is 429 g/mol. The Labute approximate surface area is 183 Å². The van der Waals surface area contributed by atoms with E-state index in [0.717, 1.165) is 41.9 Å². The van der Waals surface area contributed by atoms with Crippen LogP contribution < -0.4 is 10.2 Å². The molecule has 1 aromatic heterocycles. The van der Waals surface area contributed by atoms with Crippen LogP contribution in [0.15, 0.2) is 30.7 Å². The van der Waals surface area contributed by atoms with Crippen LogP contribution in [-0.2, 0) is 16.0 Å². The molecule has 31 heavy (non-hydrogen) atoms. The monoisotopic (exact) mass is 428 g/mol. The second-order valence-corrected chi connectivity index (χ2v) is 8.32. The third-order valence-electron chi connectivity index (χ3n) is 5.41. The van der Waals surface area contributed by atoms with Gasteiger partial charge in [0.1, 0.15) is 0 Å². The van der Waals surface area contributed by atoms with Gasteiger partial charge in [0.05, 0.1) is 24.2 Å². The number of aromatic nitrogens is 2. The molecule has 0 aliphatic carbocycles. The summed E-state index contributed by atoms with van der Waals surface area (Å²) < 4.78 is 7.22. The molecule has 8 nitrogen and oxygen atoms in total. The van der Waals surface area contributed by atoms with E-state index in [9.17, 15) is 9.59 Å². The van der Waals surface area contributed by atoms with Gasteiger partial charge in [-0.1, -0.05) is 0 Å². The third-order valence-corrected chi connectivity index (χ3v) is 5.41. The first-order valence-electron chi connectivity index (χ1n) is 10.8. The van der Waals surface area contributed by atoms with Gasteiger partial charge in [0, 0.05) is 42.7 Å². The summed E-state index contributed by atoms with van der Waals surface area (Å²) in [5.41, 5.74) is 3.54. The Bertz CT molecular complexity index is 924. The average Bonchev–Trinajstić information content (AvgIpc) is 3.16. The number of nitrogens with zero attached hydrogens (tertiary/aromatic N) is 3. The van der Waals surface area contributed by atoms with Gasteiger partial charge in [0.25, 0.3) is 0 Å². The van der Waals surface area contributed by atoms with Gasteiger partial charge < -0.3 is 24.6 Å². The number of carbonyl (C=O) groups is 2. The van der Waals surface area contributed by atoms with Crippen molar-refractivity contribution in [3.8, 4) is 5.69 Å². The van der Waals surface area contributed by atoms with Gasteiger partial charge in [-0.25, -0.2) is 9.78 Å². The zero-order valence-electron chi connectivity index (χ0n) is 18.7. The number of ether oxygens (including phenoxy) is 1. The maximum absolute atomic E-state index is 12.3. The largest absolute Gasteiger partial charge is 0.447 e. The summed E-state index contributed by atoms with van der Waals surface area (Å²) in [4.78, 5) is 30.8. The molecule has 0 unspecified atom stereocenters. The highest BCUT2D eigenvalue weighted by Crippen LogP contribution is 2.38. The van der Waals surface area contributed by atoms with Crippen molar-refractivity contribution in [3.05, 3.63) is 42.0 Å². The Morgan fingerprint density at radius 3 is 2.77 bits per heavy atom. The number of aryl methyl sites for hydroxylation is 1. The molecule has 1 aromatic carbocycles. The number of alkyl carbamates (subject to hydrolysis) is 1. The van der Waals surface area contributed by atoms with Gasteiger partial charge >= 0.3 is 6.09 Å². The van der Waals surface area contributed by atoms with Gasteiger partial charge in [0.2, 0.25) is 5.91 Å². The van der Waals surface area contributed by atoms with E-state index in [4.69, 9.17) is 9.84 Å². The molecule has 2 N–H and O–H groups in total. The topological polar surface area (TPSA) is 96.7 Å². The van der Waals surface area contributed by atoms with Crippen molar-refractivity contribution >= 4 is 17.7 Å². The van der Waals surface area contributed by atoms with Crippen molar-refractivity contribution in [2.75, 3.05) is 11.5 Å². The van der Waals surface area contributed by atoms with Crippen molar-refractivity contribution in [2.24, 2.45) is 0 Å². The van der Waals surface area contributed by atoms with Gasteiger partial charge in [-0.15, -0.1) is 0 Å². The van der Waals surface area contributed by atoms with Crippen LogP contribution in [0.1, 0.15) is 64.3 Å². The molecule has 0 bridgehead atoms. The fourth-order valence-electron chi connectivity index (χ4n) is 4.07. The lowest BCUT2D eigenvalue weighted by atomic mass is 9.91. The van der Waals surface area contributed by atoms with E-state index >= 15 is 0 Å². The van der Waals surface area contributed by atoms with Crippen LogP contribution in [0.3, 0.4) is 0 Å². The minimum atomic E-state index is -0.464. The molecule has 3 rings (SSSR count). The predicted molar refractivity (Wildman–Crippen MR) is 118 cm³/mol. The van der Waals surface area contributed by atoms with Gasteiger partial charge in [-0.2, -0.15) is 0 Å². The molecule has 0 spiro atoms. The number of aliphatic hydroxyl groups is 1. The lowest BCUT2D eigenvalue weighted by molar-refractivity contribution is -0.117. The molecule has 0 radical (unpaired) electrons. The van der Waals surface area contributed by atoms with Crippen molar-refractivity contribution in [1.29, 1.82) is 0 Å². The molecular weight excluding hydrogens is 396 g/mol. The molecule has 8 heteroatoms. The second kappa shape index (κ2) is 9.96. The van der Waals surface area contributed by atoms with Crippen LogP contribution in [-0.4, -0.2) is 45.4 Å². The molecular formula is C23H32N4O4. The minimum Gasteiger partial charge on any atom is -0.447 e. The number of benzene rings is 1. The fraction of sp³-hybridized carbons (Fsp3) is 0.522. The second-order valence-electron chi connectivity index (χ2n) is 8.32. The van der Waals surface area contributed by atoms with Crippen LogP contribution >= 0.6 is 0 Å². The zero-order chi connectivity index (χ0) is 22.5. The molecule has 0 saturated heterocycles. The highest BCUT2D eigenvalue weighted by atomic mass is 16.6. The number of fused-ring (bicyclic) bond motifs is 1. The lowest BCUT2D eigenvalue weighted by Gasteiger charge is -2.39. The normalized spacial score (nSPS) is 18.1. The van der Waals surface area contributed by atoms with Crippen molar-refractivity contribution < 1.29 is 19.4 Å². The van der Waals surface area contributed by atoms with Gasteiger partial charge in [-0.3, -0.25) is 4.79 Å². The first kappa shape index (κ1) is 22.8. The molecule has 0 saturated carbocycles. The number of unbranched alkanes of at least 4 members (excludes halogenated alkanes) is 1. The fourth-order valence-corrected chi connectivity index (χ4v) is 4.07. The number of aliphatic hydroxyl groups excluding tert-OH is 1. The Hall–Kier alpha value is -2.87. The SMILES string of the molecule is CC(=O)N1c2ccc(-n3cnc(CCCCO)c3)cc2[C@@H](NC(=O)OC(C)C)C[C@H]1C. The van der Waals surface area contributed by atoms with Crippen molar-refractivity contribution in [3.63, 3.8) is 0 Å². The van der Waals surface area contributed by atoms with E-state index in [1.807, 2.05) is 49.7 Å². The number of rotatable bonds is 7. The van der Waals surface area contributed by atoms with E-state index in [1.165, 1.54) is 0 Å². The summed E-state index contributed by atoms with van der Waals surface area (Å²) in [5.74, 6) is -0.0292. The first-order valence-corrected chi connectivity index (χ1v) is 10.8. The summed E-state index contributed by atoms with van der Waals surface area (Å²) in [7, 11) is 0. The Morgan fingerprint density at radius 2 is 2.10 bits per heavy atom. The highest BCUT2D eigenvalue weighted by Gasteiger charge is 2.33. The van der Waals surface area contributed by atoms with Crippen molar-refractivity contribution in [1.82, 2.24) is 14.9 Å². The molecule has 2 heterocycles. The maximum Gasteiger partial charge on any atom is 0.407 e. The maximum atomic E-state index is 12.3.